The molecular formula is C11H24OSi. The Morgan fingerprint density at radius 3 is 1.92 bits per heavy atom. The third kappa shape index (κ3) is 12.2. The van der Waals surface area contributed by atoms with Crippen molar-refractivity contribution in [3.05, 3.63) is 0 Å². The molecule has 0 aliphatic carbocycles. The van der Waals surface area contributed by atoms with Gasteiger partial charge < -0.3 is 4.43 Å². The molecule has 0 amide bonds. The smallest absolute Gasteiger partial charge is 0.229 e. The van der Waals surface area contributed by atoms with E-state index in [-0.39, 0.29) is 0 Å². The normalized spacial score (nSPS) is 10.6. The number of hydrogen-bond donors (Lipinski definition) is 0. The van der Waals surface area contributed by atoms with E-state index in [0.29, 0.717) is 0 Å². The summed E-state index contributed by atoms with van der Waals surface area (Å²) in [5.41, 5.74) is 0. The summed E-state index contributed by atoms with van der Waals surface area (Å²) in [5, 5.41) is 0. The Hall–Kier alpha value is 0.177. The van der Waals surface area contributed by atoms with Gasteiger partial charge in [0.1, 0.15) is 0 Å². The first-order chi connectivity index (χ1) is 6.41. The molecular weight excluding hydrogens is 176 g/mol. The van der Waals surface area contributed by atoms with Crippen molar-refractivity contribution < 1.29 is 4.43 Å². The van der Waals surface area contributed by atoms with Crippen molar-refractivity contribution >= 4 is 9.76 Å². The summed E-state index contributed by atoms with van der Waals surface area (Å²) in [4.78, 5) is 0. The van der Waals surface area contributed by atoms with E-state index in [1.165, 1.54) is 57.4 Å². The lowest BCUT2D eigenvalue weighted by Crippen LogP contribution is -1.91. The molecule has 0 aliphatic heterocycles. The summed E-state index contributed by atoms with van der Waals surface area (Å²) in [6.45, 7) is 2.27. The quantitative estimate of drug-likeness (QED) is 0.385. The SMILES string of the molecule is CCCCCCCCCC[Si]OC. The van der Waals surface area contributed by atoms with Crippen LogP contribution in [0.25, 0.3) is 0 Å². The highest BCUT2D eigenvalue weighted by Gasteiger charge is 1.92. The fourth-order valence-corrected chi connectivity index (χ4v) is 2.03. The van der Waals surface area contributed by atoms with Gasteiger partial charge in [-0.3, -0.25) is 0 Å². The van der Waals surface area contributed by atoms with Crippen LogP contribution < -0.4 is 0 Å². The highest BCUT2D eigenvalue weighted by Crippen LogP contribution is 2.09. The Bertz CT molecular complexity index is 76.2. The summed E-state index contributed by atoms with van der Waals surface area (Å²) < 4.78 is 5.03. The molecule has 0 heterocycles. The van der Waals surface area contributed by atoms with Crippen molar-refractivity contribution in [2.24, 2.45) is 0 Å². The van der Waals surface area contributed by atoms with Crippen molar-refractivity contribution in [3.63, 3.8) is 0 Å². The predicted octanol–water partition coefficient (Wildman–Crippen LogP) is 3.81. The second kappa shape index (κ2) is 12.2. The van der Waals surface area contributed by atoms with Crippen molar-refractivity contribution in [1.82, 2.24) is 0 Å². The second-order valence-corrected chi connectivity index (χ2v) is 4.77. The van der Waals surface area contributed by atoms with Gasteiger partial charge in [-0.2, -0.15) is 0 Å². The van der Waals surface area contributed by atoms with Gasteiger partial charge >= 0.3 is 0 Å². The fourth-order valence-electron chi connectivity index (χ4n) is 1.43. The average Bonchev–Trinajstić information content (AvgIpc) is 2.16. The summed E-state index contributed by atoms with van der Waals surface area (Å²) >= 11 is 0. The van der Waals surface area contributed by atoms with Gasteiger partial charge in [-0.1, -0.05) is 58.3 Å². The monoisotopic (exact) mass is 200 g/mol. The number of hydrogen-bond acceptors (Lipinski definition) is 1. The van der Waals surface area contributed by atoms with Crippen LogP contribution in [-0.2, 0) is 4.43 Å². The van der Waals surface area contributed by atoms with Gasteiger partial charge in [-0.15, -0.1) is 0 Å². The lowest BCUT2D eigenvalue weighted by atomic mass is 10.1. The molecule has 0 aromatic rings. The molecule has 13 heavy (non-hydrogen) atoms. The molecule has 78 valence electrons. The minimum atomic E-state index is 0.727. The second-order valence-electron chi connectivity index (χ2n) is 3.57. The molecule has 2 radical (unpaired) electrons. The third-order valence-electron chi connectivity index (χ3n) is 2.28. The first-order valence-corrected chi connectivity index (χ1v) is 6.79. The van der Waals surface area contributed by atoms with Crippen LogP contribution >= 0.6 is 0 Å². The molecule has 0 fully saturated rings. The summed E-state index contributed by atoms with van der Waals surface area (Å²) in [6.07, 6.45) is 11.3. The van der Waals surface area contributed by atoms with Crippen LogP contribution in [0.4, 0.5) is 0 Å². The molecule has 0 aliphatic rings. The average molecular weight is 200 g/mol. The van der Waals surface area contributed by atoms with Gasteiger partial charge in [0.2, 0.25) is 9.76 Å². The maximum Gasteiger partial charge on any atom is 0.229 e. The van der Waals surface area contributed by atoms with Crippen LogP contribution in [0.2, 0.25) is 6.04 Å². The maximum atomic E-state index is 5.03. The van der Waals surface area contributed by atoms with E-state index in [1.807, 2.05) is 0 Å². The molecule has 1 nitrogen and oxygen atoms in total. The summed E-state index contributed by atoms with van der Waals surface area (Å²) in [5.74, 6) is 0. The first kappa shape index (κ1) is 13.2. The van der Waals surface area contributed by atoms with Gasteiger partial charge in [0.15, 0.2) is 0 Å². The van der Waals surface area contributed by atoms with Gasteiger partial charge in [0.25, 0.3) is 0 Å². The van der Waals surface area contributed by atoms with E-state index in [1.54, 1.807) is 7.11 Å². The lowest BCUT2D eigenvalue weighted by molar-refractivity contribution is 0.438. The zero-order chi connectivity index (χ0) is 9.78. The van der Waals surface area contributed by atoms with E-state index >= 15 is 0 Å². The van der Waals surface area contributed by atoms with Crippen molar-refractivity contribution in [1.29, 1.82) is 0 Å². The largest absolute Gasteiger partial charge is 0.421 e. The molecule has 0 bridgehead atoms. The Kier molecular flexibility index (Phi) is 12.3. The van der Waals surface area contributed by atoms with Crippen molar-refractivity contribution in [2.45, 2.75) is 64.3 Å². The van der Waals surface area contributed by atoms with Crippen molar-refractivity contribution in [3.8, 4) is 0 Å². The third-order valence-corrected chi connectivity index (χ3v) is 3.12. The van der Waals surface area contributed by atoms with Crippen molar-refractivity contribution in [2.75, 3.05) is 7.11 Å². The molecule has 2 heteroatoms. The molecule has 0 saturated carbocycles. The van der Waals surface area contributed by atoms with E-state index in [2.05, 4.69) is 6.92 Å². The molecule has 0 saturated heterocycles. The summed E-state index contributed by atoms with van der Waals surface area (Å²) in [6, 6.07) is 1.27. The number of unbranched alkanes of at least 4 members (excludes halogenated alkanes) is 7. The van der Waals surface area contributed by atoms with E-state index in [9.17, 15) is 0 Å². The topological polar surface area (TPSA) is 9.23 Å². The Balaban J connectivity index is 2.76. The maximum absolute atomic E-state index is 5.03. The predicted molar refractivity (Wildman–Crippen MR) is 60.2 cm³/mol. The van der Waals surface area contributed by atoms with Gasteiger partial charge in [0, 0.05) is 7.11 Å². The molecule has 0 rings (SSSR count). The minimum Gasteiger partial charge on any atom is -0.421 e. The zero-order valence-electron chi connectivity index (χ0n) is 9.27. The van der Waals surface area contributed by atoms with E-state index < -0.39 is 0 Å². The highest BCUT2D eigenvalue weighted by molar-refractivity contribution is 6.26. The molecule has 0 unspecified atom stereocenters. The first-order valence-electron chi connectivity index (χ1n) is 5.67. The van der Waals surface area contributed by atoms with Crippen LogP contribution in [0.5, 0.6) is 0 Å². The van der Waals surface area contributed by atoms with Gasteiger partial charge in [-0.25, -0.2) is 0 Å². The Morgan fingerprint density at radius 2 is 1.38 bits per heavy atom. The van der Waals surface area contributed by atoms with Crippen LogP contribution in [0.1, 0.15) is 58.3 Å². The molecule has 0 aromatic carbocycles. The van der Waals surface area contributed by atoms with Gasteiger partial charge in [0.05, 0.1) is 0 Å². The van der Waals surface area contributed by atoms with E-state index in [0.717, 1.165) is 9.76 Å². The standard InChI is InChI=1S/C11H24OSi/c1-3-4-5-6-7-8-9-10-11-13-12-2/h3-11H2,1-2H3. The summed E-state index contributed by atoms with van der Waals surface area (Å²) in [7, 11) is 2.52. The highest BCUT2D eigenvalue weighted by atomic mass is 28.2. The van der Waals surface area contributed by atoms with Gasteiger partial charge in [-0.05, 0) is 6.04 Å². The van der Waals surface area contributed by atoms with Crippen LogP contribution in [0.3, 0.4) is 0 Å². The van der Waals surface area contributed by atoms with Crippen LogP contribution in [0.15, 0.2) is 0 Å². The molecule has 0 aromatic heterocycles. The molecule has 0 atom stereocenters. The fraction of sp³-hybridized carbons (Fsp3) is 1.00. The Labute approximate surface area is 86.2 Å². The minimum absolute atomic E-state index is 0.727. The van der Waals surface area contributed by atoms with Crippen LogP contribution in [-0.4, -0.2) is 16.9 Å². The lowest BCUT2D eigenvalue weighted by Gasteiger charge is -2.00. The number of rotatable bonds is 10. The molecule has 0 spiro atoms. The zero-order valence-corrected chi connectivity index (χ0v) is 10.3. The van der Waals surface area contributed by atoms with Crippen LogP contribution in [0, 0.1) is 0 Å². The Morgan fingerprint density at radius 1 is 0.846 bits per heavy atom. The molecule has 0 N–H and O–H groups in total. The van der Waals surface area contributed by atoms with E-state index in [4.69, 9.17) is 4.43 Å².